The number of nitro benzene ring substituents is 1. The van der Waals surface area contributed by atoms with Crippen LogP contribution in [0.5, 0.6) is 0 Å². The molecule has 1 N–H and O–H groups in total. The van der Waals surface area contributed by atoms with E-state index in [1.165, 1.54) is 19.1 Å². The van der Waals surface area contributed by atoms with Crippen molar-refractivity contribution in [2.45, 2.75) is 6.92 Å². The van der Waals surface area contributed by atoms with Crippen LogP contribution in [-0.4, -0.2) is 34.2 Å². The minimum atomic E-state index is -1.16. The number of anilines is 1. The minimum absolute atomic E-state index is 0.0441. The molecule has 0 saturated carbocycles. The van der Waals surface area contributed by atoms with Crippen molar-refractivity contribution in [3.63, 3.8) is 0 Å². The molecule has 1 heterocycles. The van der Waals surface area contributed by atoms with Gasteiger partial charge in [0.15, 0.2) is 0 Å². The van der Waals surface area contributed by atoms with Crippen LogP contribution in [-0.2, 0) is 9.59 Å². The summed E-state index contributed by atoms with van der Waals surface area (Å²) in [5, 5.41) is 19.3. The van der Waals surface area contributed by atoms with Gasteiger partial charge in [0.05, 0.1) is 16.2 Å². The highest BCUT2D eigenvalue weighted by Crippen LogP contribution is 2.32. The van der Waals surface area contributed by atoms with Crippen molar-refractivity contribution < 1.29 is 24.4 Å². The smallest absolute Gasteiger partial charge is 0.328 e. The highest BCUT2D eigenvalue weighted by atomic mass is 16.6. The molecule has 0 aromatic heterocycles. The third-order valence-corrected chi connectivity index (χ3v) is 2.94. The van der Waals surface area contributed by atoms with Crippen LogP contribution in [0, 0.1) is 10.1 Å². The first-order chi connectivity index (χ1) is 9.81. The molecule has 0 unspecified atom stereocenters. The maximum Gasteiger partial charge on any atom is 0.328 e. The topological polar surface area (TPSA) is 118 Å². The summed E-state index contributed by atoms with van der Waals surface area (Å²) in [7, 11) is 0. The van der Waals surface area contributed by atoms with Crippen molar-refractivity contribution in [3.05, 3.63) is 45.5 Å². The fourth-order valence-corrected chi connectivity index (χ4v) is 2.06. The summed E-state index contributed by atoms with van der Waals surface area (Å²) < 4.78 is 0. The number of benzene rings is 1. The van der Waals surface area contributed by atoms with E-state index < -0.39 is 22.6 Å². The largest absolute Gasteiger partial charge is 0.478 e. The minimum Gasteiger partial charge on any atom is -0.478 e. The monoisotopic (exact) mass is 290 g/mol. The van der Waals surface area contributed by atoms with Crippen molar-refractivity contribution in [2.75, 3.05) is 11.4 Å². The molecule has 0 fully saturated rings. The summed E-state index contributed by atoms with van der Waals surface area (Å²) in [4.78, 5) is 45.4. The van der Waals surface area contributed by atoms with Gasteiger partial charge in [0.25, 0.3) is 17.4 Å². The van der Waals surface area contributed by atoms with Crippen LogP contribution in [0.3, 0.4) is 0 Å². The van der Waals surface area contributed by atoms with E-state index in [1.54, 1.807) is 0 Å². The van der Waals surface area contributed by atoms with Gasteiger partial charge < -0.3 is 10.0 Å². The summed E-state index contributed by atoms with van der Waals surface area (Å²) in [5.41, 5.74) is 0.287. The lowest BCUT2D eigenvalue weighted by atomic mass is 10.1. The zero-order valence-electron chi connectivity index (χ0n) is 10.9. The zero-order chi connectivity index (χ0) is 15.7. The standard InChI is InChI=1S/C13H10N2O6/c1-7(4-11(16)17)6-14-10-3-2-8(15(20)21)5-9(10)12(18)13(14)19/h2-5H,6H2,1H3,(H,16,17). The first kappa shape index (κ1) is 14.4. The number of aliphatic carboxylic acids is 1. The molecule has 0 atom stereocenters. The molecule has 0 radical (unpaired) electrons. The number of rotatable bonds is 4. The Hall–Kier alpha value is -3.03. The maximum absolute atomic E-state index is 11.9. The number of fused-ring (bicyclic) bond motifs is 1. The van der Waals surface area contributed by atoms with Crippen LogP contribution in [0.15, 0.2) is 29.8 Å². The highest BCUT2D eigenvalue weighted by Gasteiger charge is 2.36. The Labute approximate surface area is 118 Å². The van der Waals surface area contributed by atoms with E-state index in [1.807, 2.05) is 0 Å². The summed E-state index contributed by atoms with van der Waals surface area (Å²) in [6, 6.07) is 3.55. The van der Waals surface area contributed by atoms with Gasteiger partial charge in [-0.25, -0.2) is 4.79 Å². The lowest BCUT2D eigenvalue weighted by Gasteiger charge is -2.16. The second kappa shape index (κ2) is 5.16. The quantitative estimate of drug-likeness (QED) is 0.384. The Bertz CT molecular complexity index is 707. The van der Waals surface area contributed by atoms with Crippen LogP contribution in [0.2, 0.25) is 0 Å². The van der Waals surface area contributed by atoms with Gasteiger partial charge >= 0.3 is 5.97 Å². The number of carbonyl (C=O) groups is 3. The molecule has 1 aromatic rings. The van der Waals surface area contributed by atoms with E-state index in [4.69, 9.17) is 5.11 Å². The van der Waals surface area contributed by atoms with Crippen LogP contribution in [0.4, 0.5) is 11.4 Å². The fraction of sp³-hybridized carbons (Fsp3) is 0.154. The molecule has 2 rings (SSSR count). The number of nitro groups is 1. The van der Waals surface area contributed by atoms with Crippen molar-refractivity contribution in [1.29, 1.82) is 0 Å². The number of ketones is 1. The molecule has 0 saturated heterocycles. The predicted molar refractivity (Wildman–Crippen MR) is 71.2 cm³/mol. The molecule has 1 aromatic carbocycles. The molecule has 0 spiro atoms. The first-order valence-corrected chi connectivity index (χ1v) is 5.86. The zero-order valence-corrected chi connectivity index (χ0v) is 10.9. The second-order valence-corrected chi connectivity index (χ2v) is 4.51. The van der Waals surface area contributed by atoms with Crippen LogP contribution in [0.25, 0.3) is 0 Å². The number of carbonyl (C=O) groups excluding carboxylic acids is 2. The Kier molecular flexibility index (Phi) is 3.53. The Balaban J connectivity index is 2.40. The summed E-state index contributed by atoms with van der Waals surface area (Å²) in [5.74, 6) is -2.82. The first-order valence-electron chi connectivity index (χ1n) is 5.86. The second-order valence-electron chi connectivity index (χ2n) is 4.51. The van der Waals surface area contributed by atoms with Gasteiger partial charge in [-0.05, 0) is 18.6 Å². The van der Waals surface area contributed by atoms with E-state index >= 15 is 0 Å². The molecule has 8 nitrogen and oxygen atoms in total. The van der Waals surface area contributed by atoms with E-state index in [0.717, 1.165) is 17.0 Å². The van der Waals surface area contributed by atoms with Gasteiger partial charge in [-0.15, -0.1) is 0 Å². The van der Waals surface area contributed by atoms with Gasteiger partial charge in [-0.2, -0.15) is 0 Å². The lowest BCUT2D eigenvalue weighted by Crippen LogP contribution is -2.31. The van der Waals surface area contributed by atoms with Crippen LogP contribution >= 0.6 is 0 Å². The predicted octanol–water partition coefficient (Wildman–Crippen LogP) is 1.16. The summed E-state index contributed by atoms with van der Waals surface area (Å²) >= 11 is 0. The molecule has 1 aliphatic rings. The third kappa shape index (κ3) is 2.64. The van der Waals surface area contributed by atoms with Gasteiger partial charge in [0, 0.05) is 24.8 Å². The van der Waals surface area contributed by atoms with Crippen molar-refractivity contribution in [1.82, 2.24) is 0 Å². The summed E-state index contributed by atoms with van der Waals surface area (Å²) in [6.45, 7) is 1.44. The van der Waals surface area contributed by atoms with Gasteiger partial charge in [0.1, 0.15) is 0 Å². The molecule has 1 aliphatic heterocycles. The number of Topliss-reactive ketones (excluding diaryl/α,β-unsaturated/α-hetero) is 1. The van der Waals surface area contributed by atoms with Crippen LogP contribution < -0.4 is 4.90 Å². The maximum atomic E-state index is 11.9. The van der Waals surface area contributed by atoms with Gasteiger partial charge in [0.2, 0.25) is 0 Å². The number of hydrogen-bond donors (Lipinski definition) is 1. The molecule has 0 aliphatic carbocycles. The molecule has 1 amide bonds. The SMILES string of the molecule is CC(=CC(=O)O)CN1C(=O)C(=O)c2cc([N+](=O)[O-])ccc21. The number of carboxylic acid groups (broad SMARTS) is 1. The normalized spacial score (nSPS) is 14.3. The van der Waals surface area contributed by atoms with E-state index in [-0.39, 0.29) is 23.5 Å². The Morgan fingerprint density at radius 3 is 2.67 bits per heavy atom. The number of non-ortho nitro benzene ring substituents is 1. The number of hydrogen-bond acceptors (Lipinski definition) is 5. The fourth-order valence-electron chi connectivity index (χ4n) is 2.06. The van der Waals surface area contributed by atoms with E-state index in [2.05, 4.69) is 0 Å². The average Bonchev–Trinajstić information content (AvgIpc) is 2.62. The summed E-state index contributed by atoms with van der Waals surface area (Å²) in [6.07, 6.45) is 0.932. The molecule has 21 heavy (non-hydrogen) atoms. The van der Waals surface area contributed by atoms with Crippen molar-refractivity contribution in [2.24, 2.45) is 0 Å². The number of carboxylic acids is 1. The molecular formula is C13H10N2O6. The molecule has 0 bridgehead atoms. The van der Waals surface area contributed by atoms with Gasteiger partial charge in [-0.3, -0.25) is 19.7 Å². The molecular weight excluding hydrogens is 280 g/mol. The van der Waals surface area contributed by atoms with E-state index in [9.17, 15) is 24.5 Å². The van der Waals surface area contributed by atoms with Gasteiger partial charge in [-0.1, -0.05) is 0 Å². The molecule has 108 valence electrons. The Morgan fingerprint density at radius 2 is 2.10 bits per heavy atom. The van der Waals surface area contributed by atoms with Crippen molar-refractivity contribution in [3.8, 4) is 0 Å². The number of amides is 1. The number of nitrogens with zero attached hydrogens (tertiary/aromatic N) is 2. The highest BCUT2D eigenvalue weighted by molar-refractivity contribution is 6.52. The van der Waals surface area contributed by atoms with Crippen LogP contribution in [0.1, 0.15) is 17.3 Å². The third-order valence-electron chi connectivity index (χ3n) is 2.94. The molecule has 8 heteroatoms. The van der Waals surface area contributed by atoms with Crippen molar-refractivity contribution >= 4 is 29.0 Å². The average molecular weight is 290 g/mol. The Morgan fingerprint density at radius 1 is 1.43 bits per heavy atom. The lowest BCUT2D eigenvalue weighted by molar-refractivity contribution is -0.384. The van der Waals surface area contributed by atoms with E-state index in [0.29, 0.717) is 5.57 Å².